The average Bonchev–Trinajstić information content (AvgIpc) is 3.05. The molecule has 29 heavy (non-hydrogen) atoms. The van der Waals surface area contributed by atoms with Crippen LogP contribution in [0, 0.1) is 17.5 Å². The van der Waals surface area contributed by atoms with Gasteiger partial charge in [0.1, 0.15) is 12.4 Å². The van der Waals surface area contributed by atoms with Crippen molar-refractivity contribution in [3.05, 3.63) is 41.3 Å². The van der Waals surface area contributed by atoms with Crippen molar-refractivity contribution in [2.24, 2.45) is 0 Å². The molecule has 7 nitrogen and oxygen atoms in total. The number of aromatic nitrogens is 2. The quantitative estimate of drug-likeness (QED) is 0.758. The Morgan fingerprint density at radius 2 is 1.90 bits per heavy atom. The third kappa shape index (κ3) is 4.57. The van der Waals surface area contributed by atoms with Crippen LogP contribution in [0.3, 0.4) is 0 Å². The molecule has 1 saturated heterocycles. The highest BCUT2D eigenvalue weighted by atomic mass is 19.2. The van der Waals surface area contributed by atoms with E-state index in [2.05, 4.69) is 5.10 Å². The van der Waals surface area contributed by atoms with Crippen molar-refractivity contribution in [2.75, 3.05) is 18.8 Å². The number of anilines is 1. The van der Waals surface area contributed by atoms with E-state index < -0.39 is 23.2 Å². The fraction of sp³-hybridized carbons (Fsp3) is 0.474. The molecule has 1 amide bonds. The lowest BCUT2D eigenvalue weighted by atomic mass is 10.1. The zero-order chi connectivity index (χ0) is 21.1. The van der Waals surface area contributed by atoms with Crippen molar-refractivity contribution in [1.82, 2.24) is 14.7 Å². The fourth-order valence-electron chi connectivity index (χ4n) is 3.17. The van der Waals surface area contributed by atoms with Crippen molar-refractivity contribution in [3.63, 3.8) is 0 Å². The van der Waals surface area contributed by atoms with Crippen LogP contribution in [0.1, 0.15) is 38.3 Å². The summed E-state index contributed by atoms with van der Waals surface area (Å²) in [7, 11) is 0. The Balaban J connectivity index is 1.62. The molecule has 2 N–H and O–H groups in total. The number of carbonyl (C=O) groups excluding carboxylic acids is 1. The maximum atomic E-state index is 13.7. The van der Waals surface area contributed by atoms with Crippen molar-refractivity contribution < 1.29 is 27.4 Å². The minimum absolute atomic E-state index is 0.0329. The molecule has 0 unspecified atom stereocenters. The van der Waals surface area contributed by atoms with Gasteiger partial charge in [-0.3, -0.25) is 0 Å². The number of amides is 1. The second-order valence-corrected chi connectivity index (χ2v) is 7.11. The van der Waals surface area contributed by atoms with Gasteiger partial charge in [0.15, 0.2) is 17.4 Å². The first-order chi connectivity index (χ1) is 13.8. The molecule has 2 heterocycles. The van der Waals surface area contributed by atoms with Gasteiger partial charge in [0.2, 0.25) is 5.82 Å². The Morgan fingerprint density at radius 1 is 1.24 bits per heavy atom. The van der Waals surface area contributed by atoms with Gasteiger partial charge in [-0.1, -0.05) is 0 Å². The number of ether oxygens (including phenoxy) is 2. The Kier molecular flexibility index (Phi) is 6.19. The number of likely N-dealkylation sites (tertiary alicyclic amines) is 1. The summed E-state index contributed by atoms with van der Waals surface area (Å²) in [6.07, 6.45) is 2.18. The molecule has 0 bridgehead atoms. The van der Waals surface area contributed by atoms with E-state index in [0.717, 1.165) is 6.07 Å². The summed E-state index contributed by atoms with van der Waals surface area (Å²) in [5.74, 6) is -4.10. The van der Waals surface area contributed by atoms with Gasteiger partial charge in [0.05, 0.1) is 23.9 Å². The second kappa shape index (κ2) is 8.62. The minimum Gasteiger partial charge on any atom is -0.483 e. The van der Waals surface area contributed by atoms with E-state index in [1.807, 2.05) is 0 Å². The van der Waals surface area contributed by atoms with Crippen LogP contribution in [0.5, 0.6) is 5.75 Å². The molecule has 1 fully saturated rings. The van der Waals surface area contributed by atoms with Gasteiger partial charge in [0.25, 0.3) is 0 Å². The molecule has 0 saturated carbocycles. The van der Waals surface area contributed by atoms with Gasteiger partial charge < -0.3 is 20.1 Å². The number of nitrogen functional groups attached to an aromatic ring is 1. The van der Waals surface area contributed by atoms with Crippen molar-refractivity contribution in [2.45, 2.75) is 45.4 Å². The zero-order valence-corrected chi connectivity index (χ0v) is 16.2. The lowest BCUT2D eigenvalue weighted by Crippen LogP contribution is -2.40. The summed E-state index contributed by atoms with van der Waals surface area (Å²) in [5.41, 5.74) is 6.54. The molecule has 0 atom stereocenters. The predicted octanol–water partition coefficient (Wildman–Crippen LogP) is 3.64. The number of halogens is 3. The molecular weight excluding hydrogens is 389 g/mol. The normalized spacial score (nSPS) is 15.0. The third-order valence-electron chi connectivity index (χ3n) is 4.69. The lowest BCUT2D eigenvalue weighted by molar-refractivity contribution is 0.0655. The third-order valence-corrected chi connectivity index (χ3v) is 4.69. The first-order valence-electron chi connectivity index (χ1n) is 9.31. The first-order valence-corrected chi connectivity index (χ1v) is 9.31. The summed E-state index contributed by atoms with van der Waals surface area (Å²) in [6.45, 7) is 4.32. The summed E-state index contributed by atoms with van der Waals surface area (Å²) in [5, 5.41) is 4.25. The van der Waals surface area contributed by atoms with E-state index in [-0.39, 0.29) is 24.8 Å². The first kappa shape index (κ1) is 20.8. The smallest absolute Gasteiger partial charge is 0.410 e. The van der Waals surface area contributed by atoms with Crippen LogP contribution < -0.4 is 10.5 Å². The van der Waals surface area contributed by atoms with Crippen molar-refractivity contribution >= 4 is 11.9 Å². The van der Waals surface area contributed by atoms with Gasteiger partial charge in [-0.25, -0.2) is 18.3 Å². The molecule has 1 aromatic heterocycles. The topological polar surface area (TPSA) is 82.6 Å². The molecule has 0 spiro atoms. The Labute approximate surface area is 166 Å². The second-order valence-electron chi connectivity index (χ2n) is 7.11. The number of rotatable bonds is 5. The molecule has 1 aromatic carbocycles. The van der Waals surface area contributed by atoms with E-state index >= 15 is 0 Å². The van der Waals surface area contributed by atoms with Crippen molar-refractivity contribution in [3.8, 4) is 5.75 Å². The van der Waals surface area contributed by atoms with Crippen LogP contribution in [0.2, 0.25) is 0 Å². The SMILES string of the molecule is CC(C)OC(=O)N1CCC(n2ncc(COc3c(F)ccc(F)c3F)c2N)CC1. The van der Waals surface area contributed by atoms with Crippen LogP contribution in [-0.2, 0) is 11.3 Å². The minimum atomic E-state index is -1.39. The summed E-state index contributed by atoms with van der Waals surface area (Å²) < 4.78 is 52.6. The Morgan fingerprint density at radius 3 is 2.55 bits per heavy atom. The monoisotopic (exact) mass is 412 g/mol. The summed E-state index contributed by atoms with van der Waals surface area (Å²) >= 11 is 0. The number of piperidine rings is 1. The summed E-state index contributed by atoms with van der Waals surface area (Å²) in [6, 6.07) is 1.45. The van der Waals surface area contributed by atoms with E-state index in [4.69, 9.17) is 15.2 Å². The summed E-state index contributed by atoms with van der Waals surface area (Å²) in [4.78, 5) is 13.6. The van der Waals surface area contributed by atoms with Crippen LogP contribution >= 0.6 is 0 Å². The van der Waals surface area contributed by atoms with E-state index in [9.17, 15) is 18.0 Å². The lowest BCUT2D eigenvalue weighted by Gasteiger charge is -2.32. The van der Waals surface area contributed by atoms with Crippen LogP contribution in [0.4, 0.5) is 23.8 Å². The largest absolute Gasteiger partial charge is 0.483 e. The van der Waals surface area contributed by atoms with Crippen molar-refractivity contribution in [1.29, 1.82) is 0 Å². The maximum Gasteiger partial charge on any atom is 0.410 e. The number of carbonyl (C=O) groups is 1. The van der Waals surface area contributed by atoms with Crippen LogP contribution in [0.25, 0.3) is 0 Å². The standard InChI is InChI=1S/C19H23F3N4O3/c1-11(2)29-19(27)25-7-5-13(6-8-25)26-18(23)12(9-24-26)10-28-17-15(21)4-3-14(20)16(17)22/h3-4,9,11,13H,5-8,10,23H2,1-2H3. The van der Waals surface area contributed by atoms with Gasteiger partial charge in [-0.15, -0.1) is 0 Å². The molecule has 3 rings (SSSR count). The van der Waals surface area contributed by atoms with Gasteiger partial charge in [-0.2, -0.15) is 9.49 Å². The molecule has 10 heteroatoms. The molecule has 0 aliphatic carbocycles. The fourth-order valence-corrected chi connectivity index (χ4v) is 3.17. The highest BCUT2D eigenvalue weighted by Gasteiger charge is 2.27. The molecule has 1 aliphatic heterocycles. The molecular formula is C19H23F3N4O3. The number of benzene rings is 1. The molecule has 1 aliphatic rings. The van der Waals surface area contributed by atoms with Gasteiger partial charge in [0, 0.05) is 13.1 Å². The van der Waals surface area contributed by atoms with Crippen LogP contribution in [0.15, 0.2) is 18.3 Å². The number of hydrogen-bond acceptors (Lipinski definition) is 5. The van der Waals surface area contributed by atoms with Crippen LogP contribution in [-0.4, -0.2) is 40.0 Å². The van der Waals surface area contributed by atoms with Gasteiger partial charge >= 0.3 is 6.09 Å². The molecule has 2 aromatic rings. The Hall–Kier alpha value is -2.91. The van der Waals surface area contributed by atoms with E-state index in [1.54, 1.807) is 23.4 Å². The maximum absolute atomic E-state index is 13.7. The predicted molar refractivity (Wildman–Crippen MR) is 98.7 cm³/mol. The molecule has 0 radical (unpaired) electrons. The Bertz CT molecular complexity index is 880. The van der Waals surface area contributed by atoms with E-state index in [1.165, 1.54) is 6.20 Å². The van der Waals surface area contributed by atoms with E-state index in [0.29, 0.717) is 43.4 Å². The number of nitrogens with two attached hydrogens (primary N) is 1. The highest BCUT2D eigenvalue weighted by molar-refractivity contribution is 5.67. The zero-order valence-electron chi connectivity index (χ0n) is 16.2. The number of hydrogen-bond donors (Lipinski definition) is 1. The average molecular weight is 412 g/mol. The molecule has 158 valence electrons. The number of nitrogens with zero attached hydrogens (tertiary/aromatic N) is 3. The highest BCUT2D eigenvalue weighted by Crippen LogP contribution is 2.29. The van der Waals surface area contributed by atoms with Gasteiger partial charge in [-0.05, 0) is 38.8 Å².